The molecule has 0 radical (unpaired) electrons. The van der Waals surface area contributed by atoms with Gasteiger partial charge >= 0.3 is 6.09 Å². The molecule has 0 aromatic carbocycles. The first-order chi connectivity index (χ1) is 4.20. The number of alkyl carbamates (subject to hydrolysis) is 1. The van der Waals surface area contributed by atoms with Crippen molar-refractivity contribution in [1.29, 1.82) is 0 Å². The Morgan fingerprint density at radius 2 is 2.44 bits per heavy atom. The molecule has 1 unspecified atom stereocenters. The number of aliphatic hydroxyl groups is 2. The molecule has 0 aliphatic rings. The molecule has 0 spiro atoms. The zero-order chi connectivity index (χ0) is 7.28. The van der Waals surface area contributed by atoms with Crippen LogP contribution < -0.4 is 5.32 Å². The fourth-order valence-corrected chi connectivity index (χ4v) is 0.220. The van der Waals surface area contributed by atoms with Crippen LogP contribution in [-0.2, 0) is 4.74 Å². The topological polar surface area (TPSA) is 78.8 Å². The molecule has 0 aliphatic carbocycles. The van der Waals surface area contributed by atoms with Crippen LogP contribution in [0.5, 0.6) is 0 Å². The summed E-state index contributed by atoms with van der Waals surface area (Å²) in [4.78, 5) is 10.2. The van der Waals surface area contributed by atoms with Gasteiger partial charge in [0.15, 0.2) is 0 Å². The maximum Gasteiger partial charge on any atom is 0.409 e. The molecule has 5 nitrogen and oxygen atoms in total. The van der Waals surface area contributed by atoms with Gasteiger partial charge in [0.1, 0.15) is 6.61 Å². The lowest BCUT2D eigenvalue weighted by atomic mass is 10.7. The summed E-state index contributed by atoms with van der Waals surface area (Å²) >= 11 is 0. The average Bonchev–Trinajstić information content (AvgIpc) is 1.87. The number of nitrogens with one attached hydrogen (secondary N) is 1. The molecule has 1 amide bonds. The predicted octanol–water partition coefficient (Wildman–Crippen LogP) is -1.35. The second-order valence-electron chi connectivity index (χ2n) is 1.29. The molecule has 0 saturated heterocycles. The Labute approximate surface area is 52.2 Å². The number of hydrogen-bond donors (Lipinski definition) is 3. The van der Waals surface area contributed by atoms with Crippen LogP contribution in [0.4, 0.5) is 4.79 Å². The van der Waals surface area contributed by atoms with Crippen LogP contribution in [-0.4, -0.2) is 36.3 Å². The highest BCUT2D eigenvalue weighted by Gasteiger charge is 2.05. The summed E-state index contributed by atoms with van der Waals surface area (Å²) in [6.07, 6.45) is -2.19. The highest BCUT2D eigenvalue weighted by atomic mass is 16.7. The van der Waals surface area contributed by atoms with E-state index >= 15 is 0 Å². The minimum Gasteiger partial charge on any atom is -0.417 e. The van der Waals surface area contributed by atoms with Crippen LogP contribution >= 0.6 is 0 Å². The Kier molecular flexibility index (Phi) is 3.74. The largest absolute Gasteiger partial charge is 0.417 e. The standard InChI is InChI=1S/C4H9NO4/c1-5-4(8)9-3(7)2-6/h3,6-7H,2H2,1H3,(H,5,8). The molecular weight excluding hydrogens is 126 g/mol. The van der Waals surface area contributed by atoms with Gasteiger partial charge in [-0.2, -0.15) is 0 Å². The summed E-state index contributed by atoms with van der Waals surface area (Å²) in [5.74, 6) is 0. The van der Waals surface area contributed by atoms with Gasteiger partial charge in [-0.1, -0.05) is 0 Å². The van der Waals surface area contributed by atoms with E-state index in [9.17, 15) is 4.79 Å². The van der Waals surface area contributed by atoms with Crippen molar-refractivity contribution in [2.45, 2.75) is 6.29 Å². The Morgan fingerprint density at radius 3 is 2.78 bits per heavy atom. The summed E-state index contributed by atoms with van der Waals surface area (Å²) in [6, 6.07) is 0. The Bertz CT molecular complexity index is 94.6. The second kappa shape index (κ2) is 4.11. The van der Waals surface area contributed by atoms with Gasteiger partial charge in [-0.05, 0) is 0 Å². The molecule has 0 bridgehead atoms. The minimum atomic E-state index is -1.43. The molecule has 1 atom stereocenters. The summed E-state index contributed by atoms with van der Waals surface area (Å²) in [5, 5.41) is 18.6. The lowest BCUT2D eigenvalue weighted by Crippen LogP contribution is -2.27. The van der Waals surface area contributed by atoms with Crippen LogP contribution in [0.2, 0.25) is 0 Å². The molecule has 3 N–H and O–H groups in total. The monoisotopic (exact) mass is 135 g/mol. The smallest absolute Gasteiger partial charge is 0.409 e. The van der Waals surface area contributed by atoms with Gasteiger partial charge in [-0.3, -0.25) is 0 Å². The Hall–Kier alpha value is -0.810. The second-order valence-corrected chi connectivity index (χ2v) is 1.29. The van der Waals surface area contributed by atoms with Gasteiger partial charge in [0, 0.05) is 7.05 Å². The summed E-state index contributed by atoms with van der Waals surface area (Å²) in [7, 11) is 1.35. The molecule has 5 heteroatoms. The molecular formula is C4H9NO4. The van der Waals surface area contributed by atoms with Gasteiger partial charge in [0.05, 0.1) is 0 Å². The van der Waals surface area contributed by atoms with Gasteiger partial charge in [0.25, 0.3) is 0 Å². The van der Waals surface area contributed by atoms with E-state index in [0.29, 0.717) is 0 Å². The average molecular weight is 135 g/mol. The SMILES string of the molecule is CNC(=O)OC(O)CO. The fourth-order valence-electron chi connectivity index (χ4n) is 0.220. The lowest BCUT2D eigenvalue weighted by Gasteiger charge is -2.06. The third-order valence-electron chi connectivity index (χ3n) is 0.603. The number of carbonyl (C=O) groups is 1. The van der Waals surface area contributed by atoms with Crippen LogP contribution in [0.25, 0.3) is 0 Å². The molecule has 0 aliphatic heterocycles. The van der Waals surface area contributed by atoms with Gasteiger partial charge in [0.2, 0.25) is 6.29 Å². The molecule has 0 saturated carbocycles. The summed E-state index contributed by atoms with van der Waals surface area (Å²) < 4.78 is 4.10. The molecule has 0 fully saturated rings. The van der Waals surface area contributed by atoms with Crippen molar-refractivity contribution in [1.82, 2.24) is 5.32 Å². The van der Waals surface area contributed by atoms with Crippen LogP contribution in [0.3, 0.4) is 0 Å². The van der Waals surface area contributed by atoms with Crippen molar-refractivity contribution in [3.05, 3.63) is 0 Å². The normalized spacial score (nSPS) is 12.3. The first-order valence-corrected chi connectivity index (χ1v) is 2.38. The number of carbonyl (C=O) groups excluding carboxylic acids is 1. The van der Waals surface area contributed by atoms with Gasteiger partial charge in [-0.15, -0.1) is 0 Å². The van der Waals surface area contributed by atoms with E-state index in [2.05, 4.69) is 10.1 Å². The minimum absolute atomic E-state index is 0.590. The number of rotatable bonds is 2. The molecule has 0 heterocycles. The number of aliphatic hydroxyl groups excluding tert-OH is 2. The van der Waals surface area contributed by atoms with Crippen molar-refractivity contribution in [3.8, 4) is 0 Å². The lowest BCUT2D eigenvalue weighted by molar-refractivity contribution is -0.0816. The fraction of sp³-hybridized carbons (Fsp3) is 0.750. The molecule has 9 heavy (non-hydrogen) atoms. The Morgan fingerprint density at radius 1 is 1.89 bits per heavy atom. The Balaban J connectivity index is 3.34. The van der Waals surface area contributed by atoms with E-state index in [1.165, 1.54) is 7.05 Å². The van der Waals surface area contributed by atoms with Crippen molar-refractivity contribution in [2.24, 2.45) is 0 Å². The van der Waals surface area contributed by atoms with Crippen molar-refractivity contribution in [2.75, 3.05) is 13.7 Å². The van der Waals surface area contributed by atoms with Crippen molar-refractivity contribution < 1.29 is 19.7 Å². The molecule has 0 rings (SSSR count). The number of amides is 1. The van der Waals surface area contributed by atoms with E-state index in [0.717, 1.165) is 0 Å². The third-order valence-corrected chi connectivity index (χ3v) is 0.603. The van der Waals surface area contributed by atoms with Crippen molar-refractivity contribution >= 4 is 6.09 Å². The van der Waals surface area contributed by atoms with Crippen LogP contribution in [0.15, 0.2) is 0 Å². The highest BCUT2D eigenvalue weighted by molar-refractivity contribution is 5.66. The van der Waals surface area contributed by atoms with E-state index in [1.807, 2.05) is 0 Å². The van der Waals surface area contributed by atoms with Gasteiger partial charge in [-0.25, -0.2) is 4.79 Å². The van der Waals surface area contributed by atoms with Crippen LogP contribution in [0.1, 0.15) is 0 Å². The maximum absolute atomic E-state index is 10.2. The number of hydrogen-bond acceptors (Lipinski definition) is 4. The highest BCUT2D eigenvalue weighted by Crippen LogP contribution is 1.83. The first kappa shape index (κ1) is 8.19. The van der Waals surface area contributed by atoms with E-state index in [1.54, 1.807) is 0 Å². The predicted molar refractivity (Wildman–Crippen MR) is 28.6 cm³/mol. The number of ether oxygens (including phenoxy) is 1. The molecule has 0 aromatic heterocycles. The maximum atomic E-state index is 10.2. The van der Waals surface area contributed by atoms with Crippen molar-refractivity contribution in [3.63, 3.8) is 0 Å². The first-order valence-electron chi connectivity index (χ1n) is 2.38. The molecule has 0 aromatic rings. The van der Waals surface area contributed by atoms with Crippen LogP contribution in [0, 0.1) is 0 Å². The summed E-state index contributed by atoms with van der Waals surface area (Å²) in [6.45, 7) is -0.590. The zero-order valence-electron chi connectivity index (χ0n) is 5.00. The third kappa shape index (κ3) is 3.75. The van der Waals surface area contributed by atoms with E-state index in [4.69, 9.17) is 10.2 Å². The quantitative estimate of drug-likeness (QED) is 0.409. The van der Waals surface area contributed by atoms with Gasteiger partial charge < -0.3 is 20.3 Å². The summed E-state index contributed by atoms with van der Waals surface area (Å²) in [5.41, 5.74) is 0. The molecule has 54 valence electrons. The van der Waals surface area contributed by atoms with E-state index < -0.39 is 19.0 Å². The zero-order valence-corrected chi connectivity index (χ0v) is 5.00. The van der Waals surface area contributed by atoms with E-state index in [-0.39, 0.29) is 0 Å².